The van der Waals surface area contributed by atoms with Gasteiger partial charge in [-0.05, 0) is 24.6 Å². The van der Waals surface area contributed by atoms with E-state index in [1.807, 2.05) is 24.3 Å². The Morgan fingerprint density at radius 3 is 3.00 bits per heavy atom. The molecule has 0 atom stereocenters. The topological polar surface area (TPSA) is 35.5 Å². The van der Waals surface area contributed by atoms with Crippen molar-refractivity contribution in [1.29, 1.82) is 0 Å². The average molecular weight is 299 g/mol. The van der Waals surface area contributed by atoms with Crippen molar-refractivity contribution in [3.8, 4) is 0 Å². The molecule has 1 aromatic rings. The first-order valence-electron chi connectivity index (χ1n) is 5.38. The quantitative estimate of drug-likeness (QED) is 0.460. The largest absolute Gasteiger partial charge is 0.463 e. The molecule has 0 N–H and O–H groups in total. The molecule has 0 aliphatic rings. The molecule has 3 nitrogen and oxygen atoms in total. The summed E-state index contributed by atoms with van der Waals surface area (Å²) in [6.45, 7) is 3.08. The van der Waals surface area contributed by atoms with Crippen molar-refractivity contribution in [3.05, 3.63) is 46.5 Å². The van der Waals surface area contributed by atoms with E-state index in [-0.39, 0.29) is 5.97 Å². The van der Waals surface area contributed by atoms with Crippen LogP contribution in [0.4, 0.5) is 0 Å². The summed E-state index contributed by atoms with van der Waals surface area (Å²) in [6, 6.07) is 7.90. The van der Waals surface area contributed by atoms with Gasteiger partial charge >= 0.3 is 5.97 Å². The van der Waals surface area contributed by atoms with Crippen LogP contribution in [0, 0.1) is 0 Å². The SMILES string of the molecule is CCOC(=O)/C=C/COCc1cccc(Br)c1. The fourth-order valence-corrected chi connectivity index (χ4v) is 1.65. The summed E-state index contributed by atoms with van der Waals surface area (Å²) < 4.78 is 11.2. The number of carbonyl (C=O) groups is 1. The summed E-state index contributed by atoms with van der Waals surface area (Å²) in [4.78, 5) is 11.0. The molecule has 0 aliphatic carbocycles. The first-order valence-corrected chi connectivity index (χ1v) is 6.17. The third kappa shape index (κ3) is 6.24. The summed E-state index contributed by atoms with van der Waals surface area (Å²) >= 11 is 3.39. The van der Waals surface area contributed by atoms with Gasteiger partial charge in [0, 0.05) is 10.5 Å². The lowest BCUT2D eigenvalue weighted by Crippen LogP contribution is -2.00. The Morgan fingerprint density at radius 2 is 2.29 bits per heavy atom. The maximum Gasteiger partial charge on any atom is 0.330 e. The van der Waals surface area contributed by atoms with Gasteiger partial charge in [0.2, 0.25) is 0 Å². The number of halogens is 1. The van der Waals surface area contributed by atoms with Crippen LogP contribution >= 0.6 is 15.9 Å². The molecule has 0 saturated heterocycles. The van der Waals surface area contributed by atoms with E-state index in [0.717, 1.165) is 10.0 Å². The number of ether oxygens (including phenoxy) is 2. The van der Waals surface area contributed by atoms with Crippen LogP contribution in [-0.2, 0) is 20.9 Å². The number of benzene rings is 1. The maximum absolute atomic E-state index is 11.0. The van der Waals surface area contributed by atoms with Gasteiger partial charge in [0.25, 0.3) is 0 Å². The Balaban J connectivity index is 2.22. The molecular formula is C13H15BrO3. The molecule has 0 unspecified atom stereocenters. The zero-order valence-corrected chi connectivity index (χ0v) is 11.3. The standard InChI is InChI=1S/C13H15BrO3/c1-2-17-13(15)7-4-8-16-10-11-5-3-6-12(14)9-11/h3-7,9H,2,8,10H2,1H3/b7-4+. The van der Waals surface area contributed by atoms with Crippen molar-refractivity contribution in [3.63, 3.8) is 0 Å². The summed E-state index contributed by atoms with van der Waals surface area (Å²) in [6.07, 6.45) is 3.03. The van der Waals surface area contributed by atoms with Gasteiger partial charge in [0.1, 0.15) is 0 Å². The summed E-state index contributed by atoms with van der Waals surface area (Å²) in [5, 5.41) is 0. The van der Waals surface area contributed by atoms with E-state index < -0.39 is 0 Å². The monoisotopic (exact) mass is 298 g/mol. The molecule has 0 saturated carbocycles. The van der Waals surface area contributed by atoms with E-state index in [1.165, 1.54) is 6.08 Å². The van der Waals surface area contributed by atoms with E-state index >= 15 is 0 Å². The third-order valence-electron chi connectivity index (χ3n) is 1.91. The first-order chi connectivity index (χ1) is 8.22. The predicted molar refractivity (Wildman–Crippen MR) is 69.6 cm³/mol. The van der Waals surface area contributed by atoms with Crippen LogP contribution < -0.4 is 0 Å². The van der Waals surface area contributed by atoms with Gasteiger partial charge in [-0.25, -0.2) is 4.79 Å². The van der Waals surface area contributed by atoms with Crippen molar-refractivity contribution >= 4 is 21.9 Å². The zero-order valence-electron chi connectivity index (χ0n) is 9.69. The first kappa shape index (κ1) is 13.9. The molecule has 0 fully saturated rings. The molecule has 1 rings (SSSR count). The van der Waals surface area contributed by atoms with Gasteiger partial charge < -0.3 is 9.47 Å². The third-order valence-corrected chi connectivity index (χ3v) is 2.41. The highest BCUT2D eigenvalue weighted by Crippen LogP contribution is 2.12. The van der Waals surface area contributed by atoms with Crippen LogP contribution in [0.15, 0.2) is 40.9 Å². The van der Waals surface area contributed by atoms with Gasteiger partial charge in [0.15, 0.2) is 0 Å². The van der Waals surface area contributed by atoms with Gasteiger partial charge in [-0.3, -0.25) is 0 Å². The molecule has 0 spiro atoms. The Bertz CT molecular complexity index is 388. The zero-order chi connectivity index (χ0) is 12.5. The molecule has 17 heavy (non-hydrogen) atoms. The normalized spacial score (nSPS) is 10.7. The van der Waals surface area contributed by atoms with Crippen LogP contribution in [0.5, 0.6) is 0 Å². The second kappa shape index (κ2) is 8.03. The lowest BCUT2D eigenvalue weighted by atomic mass is 10.2. The Hall–Kier alpha value is -1.13. The van der Waals surface area contributed by atoms with Gasteiger partial charge in [0.05, 0.1) is 19.8 Å². The van der Waals surface area contributed by atoms with E-state index in [4.69, 9.17) is 9.47 Å². The Kier molecular flexibility index (Phi) is 6.58. The van der Waals surface area contributed by atoms with Crippen LogP contribution in [0.1, 0.15) is 12.5 Å². The Labute approximate surface area is 110 Å². The van der Waals surface area contributed by atoms with E-state index in [2.05, 4.69) is 15.9 Å². The molecule has 0 aliphatic heterocycles. The summed E-state index contributed by atoms with van der Waals surface area (Å²) in [7, 11) is 0. The second-order valence-electron chi connectivity index (χ2n) is 3.30. The highest BCUT2D eigenvalue weighted by Gasteiger charge is 1.94. The van der Waals surface area contributed by atoms with Crippen molar-refractivity contribution in [2.75, 3.05) is 13.2 Å². The number of rotatable bonds is 6. The smallest absolute Gasteiger partial charge is 0.330 e. The van der Waals surface area contributed by atoms with Gasteiger partial charge in [-0.1, -0.05) is 34.1 Å². The minimum absolute atomic E-state index is 0.335. The lowest BCUT2D eigenvalue weighted by Gasteiger charge is -2.02. The van der Waals surface area contributed by atoms with Crippen molar-refractivity contribution in [2.45, 2.75) is 13.5 Å². The van der Waals surface area contributed by atoms with Gasteiger partial charge in [-0.2, -0.15) is 0 Å². The van der Waals surface area contributed by atoms with Crippen LogP contribution in [-0.4, -0.2) is 19.2 Å². The molecule has 0 amide bonds. The van der Waals surface area contributed by atoms with E-state index in [0.29, 0.717) is 19.8 Å². The fourth-order valence-electron chi connectivity index (χ4n) is 1.21. The minimum Gasteiger partial charge on any atom is -0.463 e. The summed E-state index contributed by atoms with van der Waals surface area (Å²) in [5.41, 5.74) is 1.09. The predicted octanol–water partition coefficient (Wildman–Crippen LogP) is 3.09. The van der Waals surface area contributed by atoms with Crippen molar-refractivity contribution in [1.82, 2.24) is 0 Å². The lowest BCUT2D eigenvalue weighted by molar-refractivity contribution is -0.137. The second-order valence-corrected chi connectivity index (χ2v) is 4.22. The van der Waals surface area contributed by atoms with Crippen molar-refractivity contribution in [2.24, 2.45) is 0 Å². The summed E-state index contributed by atoms with van der Waals surface area (Å²) in [5.74, 6) is -0.335. The molecule has 0 heterocycles. The molecule has 0 aromatic heterocycles. The van der Waals surface area contributed by atoms with E-state index in [1.54, 1.807) is 13.0 Å². The number of hydrogen-bond acceptors (Lipinski definition) is 3. The number of esters is 1. The molecule has 92 valence electrons. The molecule has 0 bridgehead atoms. The fraction of sp³-hybridized carbons (Fsp3) is 0.308. The van der Waals surface area contributed by atoms with Crippen molar-refractivity contribution < 1.29 is 14.3 Å². The Morgan fingerprint density at radius 1 is 1.47 bits per heavy atom. The van der Waals surface area contributed by atoms with Crippen LogP contribution in [0.2, 0.25) is 0 Å². The molecule has 0 radical (unpaired) electrons. The number of carbonyl (C=O) groups excluding carboxylic acids is 1. The molecular weight excluding hydrogens is 284 g/mol. The molecule has 4 heteroatoms. The highest BCUT2D eigenvalue weighted by atomic mass is 79.9. The maximum atomic E-state index is 11.0. The highest BCUT2D eigenvalue weighted by molar-refractivity contribution is 9.10. The van der Waals surface area contributed by atoms with Gasteiger partial charge in [-0.15, -0.1) is 0 Å². The van der Waals surface area contributed by atoms with Crippen LogP contribution in [0.25, 0.3) is 0 Å². The average Bonchev–Trinajstić information content (AvgIpc) is 2.29. The number of hydrogen-bond donors (Lipinski definition) is 0. The molecule has 1 aromatic carbocycles. The van der Waals surface area contributed by atoms with E-state index in [9.17, 15) is 4.79 Å². The van der Waals surface area contributed by atoms with Crippen LogP contribution in [0.3, 0.4) is 0 Å². The minimum atomic E-state index is -0.335.